The lowest BCUT2D eigenvalue weighted by Gasteiger charge is -2.42. The minimum absolute atomic E-state index is 0.0279. The second kappa shape index (κ2) is 7.79. The molecule has 5 heteroatoms. The molecule has 1 amide bonds. The van der Waals surface area contributed by atoms with E-state index in [1.165, 1.54) is 0 Å². The molecule has 0 aromatic heterocycles. The number of ether oxygens (including phenoxy) is 2. The van der Waals surface area contributed by atoms with Gasteiger partial charge in [0.1, 0.15) is 5.75 Å². The summed E-state index contributed by atoms with van der Waals surface area (Å²) in [6, 6.07) is 5.51. The van der Waals surface area contributed by atoms with Crippen LogP contribution in [0.2, 0.25) is 0 Å². The molecule has 5 nitrogen and oxygen atoms in total. The van der Waals surface area contributed by atoms with Crippen molar-refractivity contribution in [3.05, 3.63) is 29.3 Å². The van der Waals surface area contributed by atoms with E-state index in [0.717, 1.165) is 37.1 Å². The lowest BCUT2D eigenvalue weighted by Crippen LogP contribution is -2.48. The number of hydrogen-bond donors (Lipinski definition) is 1. The first-order valence-corrected chi connectivity index (χ1v) is 8.09. The highest BCUT2D eigenvalue weighted by Crippen LogP contribution is 2.34. The third kappa shape index (κ3) is 4.03. The maximum atomic E-state index is 12.9. The van der Waals surface area contributed by atoms with Crippen LogP contribution in [0.25, 0.3) is 0 Å². The Bertz CT molecular complexity index is 546. The Morgan fingerprint density at radius 2 is 2.17 bits per heavy atom. The van der Waals surface area contributed by atoms with E-state index in [2.05, 4.69) is 0 Å². The number of amides is 1. The largest absolute Gasteiger partial charge is 0.497 e. The van der Waals surface area contributed by atoms with E-state index in [-0.39, 0.29) is 17.9 Å². The maximum absolute atomic E-state index is 12.9. The molecule has 1 saturated heterocycles. The first-order valence-electron chi connectivity index (χ1n) is 8.09. The zero-order valence-corrected chi connectivity index (χ0v) is 14.3. The summed E-state index contributed by atoms with van der Waals surface area (Å²) < 4.78 is 10.4. The highest BCUT2D eigenvalue weighted by atomic mass is 16.5. The molecule has 0 bridgehead atoms. The van der Waals surface area contributed by atoms with Crippen molar-refractivity contribution in [1.29, 1.82) is 0 Å². The molecule has 2 rings (SSSR count). The van der Waals surface area contributed by atoms with Gasteiger partial charge >= 0.3 is 0 Å². The summed E-state index contributed by atoms with van der Waals surface area (Å²) in [6.07, 6.45) is 2.61. The van der Waals surface area contributed by atoms with Crippen LogP contribution >= 0.6 is 0 Å². The van der Waals surface area contributed by atoms with Gasteiger partial charge in [-0.1, -0.05) is 0 Å². The van der Waals surface area contributed by atoms with Crippen molar-refractivity contribution in [3.63, 3.8) is 0 Å². The molecule has 1 unspecified atom stereocenters. The Morgan fingerprint density at radius 1 is 1.39 bits per heavy atom. The Balaban J connectivity index is 2.15. The van der Waals surface area contributed by atoms with Gasteiger partial charge in [-0.15, -0.1) is 0 Å². The highest BCUT2D eigenvalue weighted by Gasteiger charge is 2.36. The van der Waals surface area contributed by atoms with Gasteiger partial charge in [0.05, 0.1) is 13.7 Å². The predicted octanol–water partition coefficient (Wildman–Crippen LogP) is 2.25. The first kappa shape index (κ1) is 17.8. The average molecular weight is 321 g/mol. The first-order chi connectivity index (χ1) is 11.0. The van der Waals surface area contributed by atoms with E-state index >= 15 is 0 Å². The molecule has 0 saturated carbocycles. The summed E-state index contributed by atoms with van der Waals surface area (Å²) in [5.41, 5.74) is 1.36. The minimum Gasteiger partial charge on any atom is -0.497 e. The van der Waals surface area contributed by atoms with E-state index in [1.54, 1.807) is 14.2 Å². The van der Waals surface area contributed by atoms with Crippen LogP contribution in [0.1, 0.15) is 35.2 Å². The molecule has 0 aliphatic carbocycles. The second-order valence-corrected chi connectivity index (χ2v) is 6.41. The van der Waals surface area contributed by atoms with Crippen LogP contribution in [-0.4, -0.2) is 56.4 Å². The standard InChI is InChI=1S/C18H27NO4/c1-14-11-15(23-3)5-6-16(14)17(21)19-9-4-7-18(12-19,13-20)8-10-22-2/h5-6,11,20H,4,7-10,12-13H2,1-3H3. The molecule has 1 aliphatic heterocycles. The molecule has 0 radical (unpaired) electrons. The normalized spacial score (nSPS) is 21.3. The third-order valence-corrected chi connectivity index (χ3v) is 4.78. The number of hydrogen-bond acceptors (Lipinski definition) is 4. The molecule has 1 aromatic carbocycles. The SMILES string of the molecule is COCCC1(CO)CCCN(C(=O)c2ccc(OC)cc2C)C1. The van der Waals surface area contributed by atoms with Crippen molar-refractivity contribution in [2.45, 2.75) is 26.2 Å². The van der Waals surface area contributed by atoms with E-state index in [4.69, 9.17) is 9.47 Å². The quantitative estimate of drug-likeness (QED) is 0.873. The Hall–Kier alpha value is -1.59. The van der Waals surface area contributed by atoms with Crippen LogP contribution in [0.5, 0.6) is 5.75 Å². The van der Waals surface area contributed by atoms with Crippen LogP contribution < -0.4 is 4.74 Å². The molecule has 1 aromatic rings. The maximum Gasteiger partial charge on any atom is 0.254 e. The van der Waals surface area contributed by atoms with Crippen LogP contribution in [0.3, 0.4) is 0 Å². The Morgan fingerprint density at radius 3 is 2.78 bits per heavy atom. The lowest BCUT2D eigenvalue weighted by atomic mass is 9.78. The summed E-state index contributed by atoms with van der Waals surface area (Å²) in [5.74, 6) is 0.780. The fourth-order valence-electron chi connectivity index (χ4n) is 3.29. The number of carbonyl (C=O) groups is 1. The molecule has 0 spiro atoms. The monoisotopic (exact) mass is 321 g/mol. The molecule has 128 valence electrons. The summed E-state index contributed by atoms with van der Waals surface area (Å²) in [7, 11) is 3.28. The smallest absolute Gasteiger partial charge is 0.254 e. The number of nitrogens with zero attached hydrogens (tertiary/aromatic N) is 1. The van der Waals surface area contributed by atoms with Crippen LogP contribution in [0, 0.1) is 12.3 Å². The number of rotatable bonds is 6. The predicted molar refractivity (Wildman–Crippen MR) is 88.9 cm³/mol. The van der Waals surface area contributed by atoms with Crippen LogP contribution in [0.15, 0.2) is 18.2 Å². The summed E-state index contributed by atoms with van der Waals surface area (Å²) in [4.78, 5) is 14.7. The molecule has 1 heterocycles. The van der Waals surface area contributed by atoms with Gasteiger partial charge in [0.15, 0.2) is 0 Å². The number of piperidine rings is 1. The highest BCUT2D eigenvalue weighted by molar-refractivity contribution is 5.96. The van der Waals surface area contributed by atoms with Gasteiger partial charge in [-0.05, 0) is 49.9 Å². The molecular weight excluding hydrogens is 294 g/mol. The zero-order valence-electron chi connectivity index (χ0n) is 14.3. The van der Waals surface area contributed by atoms with E-state index in [9.17, 15) is 9.90 Å². The molecule has 1 N–H and O–H groups in total. The third-order valence-electron chi connectivity index (χ3n) is 4.78. The molecule has 1 atom stereocenters. The van der Waals surface area contributed by atoms with Crippen molar-refractivity contribution in [2.24, 2.45) is 5.41 Å². The second-order valence-electron chi connectivity index (χ2n) is 6.41. The summed E-state index contributed by atoms with van der Waals surface area (Å²) in [5, 5.41) is 9.85. The minimum atomic E-state index is -0.246. The van der Waals surface area contributed by atoms with Crippen LogP contribution in [-0.2, 0) is 4.74 Å². The van der Waals surface area contributed by atoms with Crippen molar-refractivity contribution in [1.82, 2.24) is 4.90 Å². The van der Waals surface area contributed by atoms with E-state index < -0.39 is 0 Å². The van der Waals surface area contributed by atoms with Gasteiger partial charge < -0.3 is 19.5 Å². The number of aliphatic hydroxyl groups is 1. The van der Waals surface area contributed by atoms with E-state index in [1.807, 2.05) is 30.0 Å². The fraction of sp³-hybridized carbons (Fsp3) is 0.611. The van der Waals surface area contributed by atoms with Gasteiger partial charge in [0.2, 0.25) is 0 Å². The van der Waals surface area contributed by atoms with E-state index in [0.29, 0.717) is 18.7 Å². The number of likely N-dealkylation sites (tertiary alicyclic amines) is 1. The summed E-state index contributed by atoms with van der Waals surface area (Å²) in [6.45, 7) is 3.92. The number of methoxy groups -OCH3 is 2. The van der Waals surface area contributed by atoms with Crippen LogP contribution in [0.4, 0.5) is 0 Å². The van der Waals surface area contributed by atoms with Gasteiger partial charge in [-0.2, -0.15) is 0 Å². The van der Waals surface area contributed by atoms with Crippen molar-refractivity contribution >= 4 is 5.91 Å². The molecular formula is C18H27NO4. The van der Waals surface area contributed by atoms with Gasteiger partial charge in [-0.3, -0.25) is 4.79 Å². The number of benzene rings is 1. The summed E-state index contributed by atoms with van der Waals surface area (Å²) >= 11 is 0. The molecule has 1 aliphatic rings. The Kier molecular flexibility index (Phi) is 6.02. The van der Waals surface area contributed by atoms with Crippen molar-refractivity contribution in [3.8, 4) is 5.75 Å². The van der Waals surface area contributed by atoms with Crippen molar-refractivity contribution in [2.75, 3.05) is 40.5 Å². The number of aliphatic hydroxyl groups excluding tert-OH is 1. The Labute approximate surface area is 138 Å². The molecule has 23 heavy (non-hydrogen) atoms. The topological polar surface area (TPSA) is 59.0 Å². The lowest BCUT2D eigenvalue weighted by molar-refractivity contribution is 0.00895. The average Bonchev–Trinajstić information content (AvgIpc) is 2.59. The van der Waals surface area contributed by atoms with Gasteiger partial charge in [0, 0.05) is 37.8 Å². The zero-order chi connectivity index (χ0) is 16.9. The number of carbonyl (C=O) groups excluding carboxylic acids is 1. The fourth-order valence-corrected chi connectivity index (χ4v) is 3.29. The van der Waals surface area contributed by atoms with Gasteiger partial charge in [-0.25, -0.2) is 0 Å². The van der Waals surface area contributed by atoms with Crippen molar-refractivity contribution < 1.29 is 19.4 Å². The molecule has 1 fully saturated rings. The number of aryl methyl sites for hydroxylation is 1. The van der Waals surface area contributed by atoms with Gasteiger partial charge in [0.25, 0.3) is 5.91 Å².